The number of rotatable bonds is 7. The van der Waals surface area contributed by atoms with Crippen molar-refractivity contribution in [2.75, 3.05) is 47.4 Å². The number of likely N-dealkylation sites (tertiary alicyclic amines) is 1. The summed E-state index contributed by atoms with van der Waals surface area (Å²) in [6, 6.07) is 5.28. The topological polar surface area (TPSA) is 40.1 Å². The summed E-state index contributed by atoms with van der Waals surface area (Å²) in [7, 11) is 5.64. The molecular weight excluding hydrogens is 319 g/mol. The van der Waals surface area contributed by atoms with Gasteiger partial charge in [0.15, 0.2) is 5.96 Å². The summed E-state index contributed by atoms with van der Waals surface area (Å²) in [6.45, 7) is 6.81. The van der Waals surface area contributed by atoms with E-state index in [0.29, 0.717) is 24.6 Å². The van der Waals surface area contributed by atoms with Gasteiger partial charge in [-0.1, -0.05) is 6.07 Å². The third-order valence-electron chi connectivity index (χ3n) is 4.33. The van der Waals surface area contributed by atoms with Gasteiger partial charge in [0.1, 0.15) is 5.82 Å². The van der Waals surface area contributed by atoms with Gasteiger partial charge in [-0.3, -0.25) is 0 Å². The van der Waals surface area contributed by atoms with Crippen molar-refractivity contribution >= 4 is 5.96 Å². The first-order valence-electron chi connectivity index (χ1n) is 8.97. The molecule has 6 heteroatoms. The van der Waals surface area contributed by atoms with Crippen LogP contribution in [-0.2, 0) is 17.8 Å². The van der Waals surface area contributed by atoms with Crippen molar-refractivity contribution < 1.29 is 9.13 Å². The predicted molar refractivity (Wildman–Crippen MR) is 100 cm³/mol. The first-order valence-corrected chi connectivity index (χ1v) is 8.97. The summed E-state index contributed by atoms with van der Waals surface area (Å²) in [6.07, 6.45) is 1.13. The van der Waals surface area contributed by atoms with Crippen LogP contribution in [0.5, 0.6) is 0 Å². The third kappa shape index (κ3) is 5.97. The van der Waals surface area contributed by atoms with Crippen LogP contribution >= 0.6 is 0 Å². The molecule has 5 nitrogen and oxygen atoms in total. The van der Waals surface area contributed by atoms with Crippen molar-refractivity contribution in [2.24, 2.45) is 10.9 Å². The van der Waals surface area contributed by atoms with Crippen LogP contribution in [0, 0.1) is 11.7 Å². The van der Waals surface area contributed by atoms with Crippen molar-refractivity contribution in [1.29, 1.82) is 0 Å². The van der Waals surface area contributed by atoms with E-state index < -0.39 is 0 Å². The molecular formula is C19H31FN4O. The van der Waals surface area contributed by atoms with E-state index in [2.05, 4.69) is 17.1 Å². The summed E-state index contributed by atoms with van der Waals surface area (Å²) < 4.78 is 19.2. The Morgan fingerprint density at radius 3 is 2.92 bits per heavy atom. The number of nitrogens with zero attached hydrogens (tertiary/aromatic N) is 3. The second-order valence-electron chi connectivity index (χ2n) is 6.89. The number of halogens is 1. The molecule has 0 aliphatic carbocycles. The standard InChI is InChI=1S/C19H31FN4O/c1-5-21-19(24-9-8-16(12-24)14-25-4)22-11-15-6-7-18(20)17(10-15)13-23(2)3/h6-7,10,16H,5,8-9,11-14H2,1-4H3,(H,21,22). The van der Waals surface area contributed by atoms with E-state index >= 15 is 0 Å². The van der Waals surface area contributed by atoms with Gasteiger partial charge in [0.05, 0.1) is 13.2 Å². The van der Waals surface area contributed by atoms with Crippen molar-refractivity contribution in [3.8, 4) is 0 Å². The molecule has 1 unspecified atom stereocenters. The van der Waals surface area contributed by atoms with Crippen LogP contribution in [-0.4, -0.2) is 63.2 Å². The molecule has 0 spiro atoms. The van der Waals surface area contributed by atoms with Crippen LogP contribution in [0.25, 0.3) is 0 Å². The molecule has 1 heterocycles. The van der Waals surface area contributed by atoms with E-state index in [4.69, 9.17) is 9.73 Å². The number of aliphatic imine (C=N–C) groups is 1. The molecule has 1 fully saturated rings. The molecule has 1 atom stereocenters. The molecule has 1 aromatic carbocycles. The first kappa shape index (κ1) is 19.7. The van der Waals surface area contributed by atoms with Crippen LogP contribution < -0.4 is 5.32 Å². The SMILES string of the molecule is CCNC(=NCc1ccc(F)c(CN(C)C)c1)N1CCC(COC)C1. The van der Waals surface area contributed by atoms with Gasteiger partial charge >= 0.3 is 0 Å². The molecule has 0 saturated carbocycles. The molecule has 1 aliphatic rings. The number of nitrogens with one attached hydrogen (secondary N) is 1. The Morgan fingerprint density at radius 2 is 2.24 bits per heavy atom. The molecule has 25 heavy (non-hydrogen) atoms. The highest BCUT2D eigenvalue weighted by molar-refractivity contribution is 5.80. The molecule has 0 amide bonds. The van der Waals surface area contributed by atoms with E-state index in [0.717, 1.165) is 44.2 Å². The number of methoxy groups -OCH3 is 1. The number of hydrogen-bond acceptors (Lipinski definition) is 3. The molecule has 140 valence electrons. The minimum atomic E-state index is -0.157. The van der Waals surface area contributed by atoms with Gasteiger partial charge in [0.25, 0.3) is 0 Å². The summed E-state index contributed by atoms with van der Waals surface area (Å²) >= 11 is 0. The lowest BCUT2D eigenvalue weighted by Crippen LogP contribution is -2.40. The fraction of sp³-hybridized carbons (Fsp3) is 0.632. The molecule has 0 aromatic heterocycles. The van der Waals surface area contributed by atoms with E-state index in [-0.39, 0.29) is 5.82 Å². The van der Waals surface area contributed by atoms with Gasteiger partial charge in [0, 0.05) is 44.8 Å². The van der Waals surface area contributed by atoms with Crippen LogP contribution in [0.1, 0.15) is 24.5 Å². The normalized spacial score (nSPS) is 18.2. The number of ether oxygens (including phenoxy) is 1. The molecule has 1 saturated heterocycles. The molecule has 0 bridgehead atoms. The molecule has 1 N–H and O–H groups in total. The van der Waals surface area contributed by atoms with Crippen molar-refractivity contribution in [3.05, 3.63) is 35.1 Å². The largest absolute Gasteiger partial charge is 0.384 e. The minimum absolute atomic E-state index is 0.157. The van der Waals surface area contributed by atoms with Gasteiger partial charge in [-0.05, 0) is 45.1 Å². The summed E-state index contributed by atoms with van der Waals surface area (Å²) in [5, 5.41) is 3.37. The average molecular weight is 350 g/mol. The maximum atomic E-state index is 13.9. The molecule has 1 aliphatic heterocycles. The van der Waals surface area contributed by atoms with Crippen molar-refractivity contribution in [1.82, 2.24) is 15.1 Å². The Bertz CT molecular complexity index is 577. The monoisotopic (exact) mass is 350 g/mol. The zero-order valence-corrected chi connectivity index (χ0v) is 15.9. The molecule has 1 aromatic rings. The second kappa shape index (κ2) is 9.73. The van der Waals surface area contributed by atoms with Crippen LogP contribution in [0.3, 0.4) is 0 Å². The van der Waals surface area contributed by atoms with Crippen molar-refractivity contribution in [3.63, 3.8) is 0 Å². The fourth-order valence-corrected chi connectivity index (χ4v) is 3.18. The molecule has 2 rings (SSSR count). The Morgan fingerprint density at radius 1 is 1.44 bits per heavy atom. The lowest BCUT2D eigenvalue weighted by atomic mass is 10.1. The van der Waals surface area contributed by atoms with E-state index in [1.54, 1.807) is 13.2 Å². The molecule has 0 radical (unpaired) electrons. The lowest BCUT2D eigenvalue weighted by molar-refractivity contribution is 0.157. The van der Waals surface area contributed by atoms with Gasteiger partial charge in [-0.15, -0.1) is 0 Å². The Kier molecular flexibility index (Phi) is 7.65. The Labute approximate surface area is 150 Å². The van der Waals surface area contributed by atoms with Crippen LogP contribution in [0.4, 0.5) is 4.39 Å². The average Bonchev–Trinajstić information content (AvgIpc) is 3.02. The van der Waals surface area contributed by atoms with Crippen LogP contribution in [0.15, 0.2) is 23.2 Å². The van der Waals surface area contributed by atoms with Gasteiger partial charge in [-0.25, -0.2) is 9.38 Å². The highest BCUT2D eigenvalue weighted by atomic mass is 19.1. The van der Waals surface area contributed by atoms with E-state index in [9.17, 15) is 4.39 Å². The van der Waals surface area contributed by atoms with Crippen molar-refractivity contribution in [2.45, 2.75) is 26.4 Å². The maximum Gasteiger partial charge on any atom is 0.194 e. The Hall–Kier alpha value is -1.66. The number of hydrogen-bond donors (Lipinski definition) is 1. The Balaban J connectivity index is 2.06. The quantitative estimate of drug-likeness (QED) is 0.605. The van der Waals surface area contributed by atoms with Gasteiger partial charge < -0.3 is 19.9 Å². The summed E-state index contributed by atoms with van der Waals surface area (Å²) in [5.41, 5.74) is 1.74. The first-order chi connectivity index (χ1) is 12.0. The highest BCUT2D eigenvalue weighted by Crippen LogP contribution is 2.17. The number of guanidine groups is 1. The minimum Gasteiger partial charge on any atom is -0.384 e. The van der Waals surface area contributed by atoms with E-state index in [1.807, 2.05) is 31.1 Å². The summed E-state index contributed by atoms with van der Waals surface area (Å²) in [4.78, 5) is 9.02. The predicted octanol–water partition coefficient (Wildman–Crippen LogP) is 2.32. The lowest BCUT2D eigenvalue weighted by Gasteiger charge is -2.21. The fourth-order valence-electron chi connectivity index (χ4n) is 3.18. The van der Waals surface area contributed by atoms with E-state index in [1.165, 1.54) is 0 Å². The zero-order valence-electron chi connectivity index (χ0n) is 15.9. The third-order valence-corrected chi connectivity index (χ3v) is 4.33. The smallest absolute Gasteiger partial charge is 0.194 e. The maximum absolute atomic E-state index is 13.9. The zero-order chi connectivity index (χ0) is 18.2. The second-order valence-corrected chi connectivity index (χ2v) is 6.89. The van der Waals surface area contributed by atoms with Gasteiger partial charge in [0.2, 0.25) is 0 Å². The number of benzene rings is 1. The summed E-state index contributed by atoms with van der Waals surface area (Å²) in [5.74, 6) is 1.33. The highest BCUT2D eigenvalue weighted by Gasteiger charge is 2.24. The van der Waals surface area contributed by atoms with Gasteiger partial charge in [-0.2, -0.15) is 0 Å². The van der Waals surface area contributed by atoms with Crippen LogP contribution in [0.2, 0.25) is 0 Å².